The van der Waals surface area contributed by atoms with E-state index < -0.39 is 0 Å². The van der Waals surface area contributed by atoms with Gasteiger partial charge < -0.3 is 15.0 Å². The molecule has 3 rings (SSSR count). The fourth-order valence-electron chi connectivity index (χ4n) is 2.86. The summed E-state index contributed by atoms with van der Waals surface area (Å²) in [4.78, 5) is 42.3. The Morgan fingerprint density at radius 3 is 2.78 bits per heavy atom. The zero-order valence-corrected chi connectivity index (χ0v) is 13.9. The molecule has 1 fully saturated rings. The molecular weight excluding hydrogens is 318 g/mol. The monoisotopic (exact) mass is 337 g/mol. The number of ether oxygens (including phenoxy) is 1. The van der Waals surface area contributed by atoms with Crippen molar-refractivity contribution in [1.29, 1.82) is 0 Å². The standard InChI is InChI=1S/C15H19N3O4S/c1-3-22-14(21)10-4-5-11-12(10)16-15(23-11)17-13(20)9-6-18(7-9)8(2)19/h9-10H,3-7H2,1-2H3,(H,16,17,20). The zero-order valence-electron chi connectivity index (χ0n) is 13.1. The fourth-order valence-corrected chi connectivity index (χ4v) is 3.90. The second-order valence-corrected chi connectivity index (χ2v) is 6.86. The predicted octanol–water partition coefficient (Wildman–Crippen LogP) is 1.15. The van der Waals surface area contributed by atoms with Crippen LogP contribution in [0.25, 0.3) is 0 Å². The van der Waals surface area contributed by atoms with Gasteiger partial charge in [-0.05, 0) is 19.8 Å². The maximum atomic E-state index is 12.1. The molecule has 1 aromatic heterocycles. The SMILES string of the molecule is CCOC(=O)C1CCc2sc(NC(=O)C3CN(C(C)=O)C3)nc21. The number of aromatic nitrogens is 1. The lowest BCUT2D eigenvalue weighted by atomic mass is 9.99. The van der Waals surface area contributed by atoms with Crippen LogP contribution in [0.2, 0.25) is 0 Å². The second-order valence-electron chi connectivity index (χ2n) is 5.78. The van der Waals surface area contributed by atoms with Crippen molar-refractivity contribution in [3.05, 3.63) is 10.6 Å². The fraction of sp³-hybridized carbons (Fsp3) is 0.600. The Balaban J connectivity index is 1.61. The van der Waals surface area contributed by atoms with E-state index in [1.54, 1.807) is 11.8 Å². The minimum atomic E-state index is -0.316. The molecule has 0 bridgehead atoms. The summed E-state index contributed by atoms with van der Waals surface area (Å²) in [6.45, 7) is 4.54. The van der Waals surface area contributed by atoms with Crippen molar-refractivity contribution in [2.75, 3.05) is 25.0 Å². The minimum absolute atomic E-state index is 0.0143. The molecule has 1 atom stereocenters. The molecule has 23 heavy (non-hydrogen) atoms. The van der Waals surface area contributed by atoms with Crippen molar-refractivity contribution in [3.63, 3.8) is 0 Å². The third-order valence-corrected chi connectivity index (χ3v) is 5.26. The van der Waals surface area contributed by atoms with E-state index >= 15 is 0 Å². The molecule has 2 heterocycles. The van der Waals surface area contributed by atoms with Crippen molar-refractivity contribution in [3.8, 4) is 0 Å². The molecule has 8 heteroatoms. The number of likely N-dealkylation sites (tertiary alicyclic amines) is 1. The smallest absolute Gasteiger partial charge is 0.315 e. The van der Waals surface area contributed by atoms with Crippen LogP contribution in [0.4, 0.5) is 5.13 Å². The van der Waals surface area contributed by atoms with E-state index in [1.165, 1.54) is 18.3 Å². The van der Waals surface area contributed by atoms with Gasteiger partial charge in [-0.25, -0.2) is 4.98 Å². The Labute approximate surface area is 138 Å². The third-order valence-electron chi connectivity index (χ3n) is 4.22. The van der Waals surface area contributed by atoms with Crippen molar-refractivity contribution >= 4 is 34.3 Å². The van der Waals surface area contributed by atoms with Gasteiger partial charge in [0.2, 0.25) is 11.8 Å². The Hall–Kier alpha value is -1.96. The number of amides is 2. The van der Waals surface area contributed by atoms with Crippen molar-refractivity contribution in [2.24, 2.45) is 5.92 Å². The van der Waals surface area contributed by atoms with Crippen LogP contribution in [0.15, 0.2) is 0 Å². The first-order valence-corrected chi connectivity index (χ1v) is 8.53. The summed E-state index contributed by atoms with van der Waals surface area (Å²) in [5, 5.41) is 3.33. The summed E-state index contributed by atoms with van der Waals surface area (Å²) in [5.74, 6) is -0.880. The molecule has 2 aliphatic rings. The van der Waals surface area contributed by atoms with E-state index in [1.807, 2.05) is 0 Å². The summed E-state index contributed by atoms with van der Waals surface area (Å²) in [7, 11) is 0. The molecule has 1 N–H and O–H groups in total. The van der Waals surface area contributed by atoms with Gasteiger partial charge in [0.15, 0.2) is 5.13 Å². The molecule has 2 amide bonds. The zero-order chi connectivity index (χ0) is 16.6. The lowest BCUT2D eigenvalue weighted by Crippen LogP contribution is -2.53. The van der Waals surface area contributed by atoms with E-state index in [2.05, 4.69) is 10.3 Å². The van der Waals surface area contributed by atoms with Crippen molar-refractivity contribution < 1.29 is 19.1 Å². The molecule has 1 aliphatic heterocycles. The number of carbonyl (C=O) groups is 3. The van der Waals surface area contributed by atoms with E-state index in [-0.39, 0.29) is 29.6 Å². The summed E-state index contributed by atoms with van der Waals surface area (Å²) in [6.07, 6.45) is 1.51. The Kier molecular flexibility index (Phi) is 4.34. The highest BCUT2D eigenvalue weighted by Crippen LogP contribution is 2.39. The maximum absolute atomic E-state index is 12.1. The van der Waals surface area contributed by atoms with E-state index in [4.69, 9.17) is 4.74 Å². The van der Waals surface area contributed by atoms with Gasteiger partial charge in [-0.1, -0.05) is 0 Å². The first kappa shape index (κ1) is 15.9. The van der Waals surface area contributed by atoms with Crippen LogP contribution in [-0.2, 0) is 25.5 Å². The topological polar surface area (TPSA) is 88.6 Å². The van der Waals surface area contributed by atoms with Gasteiger partial charge in [0.25, 0.3) is 0 Å². The average molecular weight is 337 g/mol. The number of carbonyl (C=O) groups excluding carboxylic acids is 3. The number of esters is 1. The van der Waals surface area contributed by atoms with Crippen LogP contribution in [0, 0.1) is 5.92 Å². The number of anilines is 1. The maximum Gasteiger partial charge on any atom is 0.315 e. The second kappa shape index (κ2) is 6.27. The quantitative estimate of drug-likeness (QED) is 0.833. The molecule has 1 unspecified atom stereocenters. The van der Waals surface area contributed by atoms with E-state index in [9.17, 15) is 14.4 Å². The lowest BCUT2D eigenvalue weighted by molar-refractivity contribution is -0.145. The molecule has 1 aromatic rings. The number of hydrogen-bond donors (Lipinski definition) is 1. The Morgan fingerprint density at radius 1 is 1.39 bits per heavy atom. The van der Waals surface area contributed by atoms with Gasteiger partial charge >= 0.3 is 5.97 Å². The summed E-state index contributed by atoms with van der Waals surface area (Å²) in [6, 6.07) is 0. The number of nitrogens with zero attached hydrogens (tertiary/aromatic N) is 2. The molecule has 124 valence electrons. The molecule has 0 aromatic carbocycles. The van der Waals surface area contributed by atoms with Crippen molar-refractivity contribution in [2.45, 2.75) is 32.6 Å². The molecular formula is C15H19N3O4S. The first-order valence-electron chi connectivity index (χ1n) is 7.72. The highest BCUT2D eigenvalue weighted by molar-refractivity contribution is 7.16. The number of thiazole rings is 1. The van der Waals surface area contributed by atoms with Crippen LogP contribution >= 0.6 is 11.3 Å². The number of fused-ring (bicyclic) bond motifs is 1. The third kappa shape index (κ3) is 3.08. The van der Waals surface area contributed by atoms with E-state index in [0.29, 0.717) is 24.8 Å². The summed E-state index contributed by atoms with van der Waals surface area (Å²) in [5.41, 5.74) is 0.739. The van der Waals surface area contributed by atoms with Crippen LogP contribution in [0.1, 0.15) is 36.8 Å². The number of aryl methyl sites for hydroxylation is 1. The molecule has 1 aliphatic carbocycles. The van der Waals surface area contributed by atoms with Crippen LogP contribution in [0.5, 0.6) is 0 Å². The summed E-state index contributed by atoms with van der Waals surface area (Å²) < 4.78 is 5.07. The Morgan fingerprint density at radius 2 is 2.13 bits per heavy atom. The molecule has 0 saturated carbocycles. The number of nitrogens with one attached hydrogen (secondary N) is 1. The van der Waals surface area contributed by atoms with Gasteiger partial charge in [0.1, 0.15) is 5.92 Å². The molecule has 1 saturated heterocycles. The lowest BCUT2D eigenvalue weighted by Gasteiger charge is -2.37. The van der Waals surface area contributed by atoms with E-state index in [0.717, 1.165) is 23.4 Å². The average Bonchev–Trinajstić information content (AvgIpc) is 2.95. The van der Waals surface area contributed by atoms with Crippen LogP contribution in [0.3, 0.4) is 0 Å². The van der Waals surface area contributed by atoms with Gasteiger partial charge in [-0.15, -0.1) is 11.3 Å². The summed E-state index contributed by atoms with van der Waals surface area (Å²) >= 11 is 1.42. The predicted molar refractivity (Wildman–Crippen MR) is 84.2 cm³/mol. The van der Waals surface area contributed by atoms with Gasteiger partial charge in [0.05, 0.1) is 18.2 Å². The van der Waals surface area contributed by atoms with Gasteiger partial charge in [0, 0.05) is 24.9 Å². The first-order chi connectivity index (χ1) is 11.0. The molecule has 0 spiro atoms. The normalized spacial score (nSPS) is 19.9. The van der Waals surface area contributed by atoms with Crippen LogP contribution in [-0.4, -0.2) is 47.4 Å². The highest BCUT2D eigenvalue weighted by atomic mass is 32.1. The minimum Gasteiger partial charge on any atom is -0.465 e. The molecule has 7 nitrogen and oxygen atoms in total. The largest absolute Gasteiger partial charge is 0.465 e. The Bertz CT molecular complexity index is 651. The highest BCUT2D eigenvalue weighted by Gasteiger charge is 2.36. The molecule has 0 radical (unpaired) electrons. The van der Waals surface area contributed by atoms with Crippen molar-refractivity contribution in [1.82, 2.24) is 9.88 Å². The van der Waals surface area contributed by atoms with Gasteiger partial charge in [-0.2, -0.15) is 0 Å². The van der Waals surface area contributed by atoms with Gasteiger partial charge in [-0.3, -0.25) is 14.4 Å². The number of rotatable bonds is 4. The number of hydrogen-bond acceptors (Lipinski definition) is 6. The van der Waals surface area contributed by atoms with Crippen LogP contribution < -0.4 is 5.32 Å².